The number of rotatable bonds is 7. The molecular formula is C15H19N5OS. The van der Waals surface area contributed by atoms with E-state index in [4.69, 9.17) is 4.74 Å². The number of imidazole rings is 1. The largest absolute Gasteiger partial charge is 0.379 e. The zero-order valence-corrected chi connectivity index (χ0v) is 13.5. The molecule has 3 heterocycles. The van der Waals surface area contributed by atoms with E-state index in [9.17, 15) is 0 Å². The van der Waals surface area contributed by atoms with Crippen molar-refractivity contribution in [2.24, 2.45) is 0 Å². The van der Waals surface area contributed by atoms with Gasteiger partial charge in [0.2, 0.25) is 10.1 Å². The summed E-state index contributed by atoms with van der Waals surface area (Å²) in [7, 11) is 0. The highest BCUT2D eigenvalue weighted by atomic mass is 32.1. The molecule has 3 aromatic rings. The van der Waals surface area contributed by atoms with Crippen LogP contribution in [0, 0.1) is 0 Å². The summed E-state index contributed by atoms with van der Waals surface area (Å²) in [6, 6.07) is 3.90. The maximum absolute atomic E-state index is 5.51. The van der Waals surface area contributed by atoms with Crippen molar-refractivity contribution in [3.8, 4) is 11.3 Å². The van der Waals surface area contributed by atoms with Gasteiger partial charge in [0.25, 0.3) is 0 Å². The van der Waals surface area contributed by atoms with Gasteiger partial charge in [-0.25, -0.2) is 9.50 Å². The molecule has 0 bridgehead atoms. The van der Waals surface area contributed by atoms with Crippen LogP contribution in [-0.4, -0.2) is 38.8 Å². The molecule has 0 spiro atoms. The Kier molecular flexibility index (Phi) is 4.65. The lowest BCUT2D eigenvalue weighted by Crippen LogP contribution is -2.09. The van der Waals surface area contributed by atoms with Crippen LogP contribution in [0.25, 0.3) is 16.2 Å². The van der Waals surface area contributed by atoms with Crippen molar-refractivity contribution in [3.63, 3.8) is 0 Å². The standard InChI is InChI=1S/C15H19N5OS/c1-11(2)21-8-4-7-17-14-19-20-10-13(18-15(20)22-14)12-5-3-6-16-9-12/h3,5-6,9-11H,4,7-8H2,1-2H3,(H,17,19). The lowest BCUT2D eigenvalue weighted by atomic mass is 10.2. The minimum absolute atomic E-state index is 0.286. The molecular weight excluding hydrogens is 298 g/mol. The van der Waals surface area contributed by atoms with Crippen molar-refractivity contribution in [1.29, 1.82) is 0 Å². The third-order valence-electron chi connectivity index (χ3n) is 3.05. The fourth-order valence-corrected chi connectivity index (χ4v) is 2.82. The van der Waals surface area contributed by atoms with E-state index in [2.05, 4.69) is 20.4 Å². The van der Waals surface area contributed by atoms with Crippen molar-refractivity contribution in [3.05, 3.63) is 30.7 Å². The van der Waals surface area contributed by atoms with Gasteiger partial charge >= 0.3 is 0 Å². The number of hydrogen-bond acceptors (Lipinski definition) is 6. The highest BCUT2D eigenvalue weighted by Gasteiger charge is 2.09. The number of fused-ring (bicyclic) bond motifs is 1. The third kappa shape index (κ3) is 3.61. The van der Waals surface area contributed by atoms with Gasteiger partial charge in [-0.2, -0.15) is 0 Å². The summed E-state index contributed by atoms with van der Waals surface area (Å²) in [6.45, 7) is 5.70. The van der Waals surface area contributed by atoms with Crippen LogP contribution in [0.1, 0.15) is 20.3 Å². The van der Waals surface area contributed by atoms with Crippen LogP contribution in [0.2, 0.25) is 0 Å². The molecule has 0 radical (unpaired) electrons. The predicted octanol–water partition coefficient (Wildman–Crippen LogP) is 3.08. The Hall–Kier alpha value is -1.99. The van der Waals surface area contributed by atoms with Gasteiger partial charge in [-0.1, -0.05) is 11.3 Å². The minimum Gasteiger partial charge on any atom is -0.379 e. The van der Waals surface area contributed by atoms with Gasteiger partial charge in [-0.05, 0) is 32.4 Å². The summed E-state index contributed by atoms with van der Waals surface area (Å²) in [5.41, 5.74) is 1.89. The first-order valence-electron chi connectivity index (χ1n) is 7.34. The van der Waals surface area contributed by atoms with Crippen molar-refractivity contribution < 1.29 is 4.74 Å². The predicted molar refractivity (Wildman–Crippen MR) is 88.3 cm³/mol. The summed E-state index contributed by atoms with van der Waals surface area (Å²) in [5.74, 6) is 0. The number of pyridine rings is 1. The molecule has 0 aliphatic heterocycles. The molecule has 0 saturated heterocycles. The van der Waals surface area contributed by atoms with Crippen molar-refractivity contribution in [1.82, 2.24) is 19.6 Å². The van der Waals surface area contributed by atoms with Crippen LogP contribution in [0.4, 0.5) is 5.13 Å². The van der Waals surface area contributed by atoms with Crippen LogP contribution in [0.3, 0.4) is 0 Å². The van der Waals surface area contributed by atoms with Gasteiger partial charge in [0.15, 0.2) is 0 Å². The lowest BCUT2D eigenvalue weighted by molar-refractivity contribution is 0.0787. The van der Waals surface area contributed by atoms with Gasteiger partial charge < -0.3 is 10.1 Å². The van der Waals surface area contributed by atoms with Crippen LogP contribution >= 0.6 is 11.3 Å². The third-order valence-corrected chi connectivity index (χ3v) is 3.93. The number of anilines is 1. The molecule has 0 amide bonds. The molecule has 7 heteroatoms. The molecule has 0 saturated carbocycles. The van der Waals surface area contributed by atoms with Gasteiger partial charge in [0.1, 0.15) is 0 Å². The number of hydrogen-bond donors (Lipinski definition) is 1. The van der Waals surface area contributed by atoms with Crippen LogP contribution in [-0.2, 0) is 4.74 Å². The Bertz CT molecular complexity index is 690. The van der Waals surface area contributed by atoms with Gasteiger partial charge in [0.05, 0.1) is 18.0 Å². The second-order valence-corrected chi connectivity index (χ2v) is 6.16. The fourth-order valence-electron chi connectivity index (χ4n) is 2.01. The average Bonchev–Trinajstić information content (AvgIpc) is 3.06. The zero-order chi connectivity index (χ0) is 15.4. The van der Waals surface area contributed by atoms with E-state index in [-0.39, 0.29) is 6.10 Å². The molecule has 3 aromatic heterocycles. The quantitative estimate of drug-likeness (QED) is 0.678. The summed E-state index contributed by atoms with van der Waals surface area (Å²) in [4.78, 5) is 9.57. The molecule has 0 aliphatic rings. The molecule has 0 aliphatic carbocycles. The first-order valence-corrected chi connectivity index (χ1v) is 8.16. The SMILES string of the molecule is CC(C)OCCCNc1nn2cc(-c3cccnc3)nc2s1. The maximum atomic E-state index is 5.51. The number of ether oxygens (including phenoxy) is 1. The van der Waals surface area contributed by atoms with Crippen molar-refractivity contribution >= 4 is 21.4 Å². The van der Waals surface area contributed by atoms with Crippen LogP contribution < -0.4 is 5.32 Å². The lowest BCUT2D eigenvalue weighted by Gasteiger charge is -2.06. The Morgan fingerprint density at radius 2 is 2.32 bits per heavy atom. The smallest absolute Gasteiger partial charge is 0.214 e. The molecule has 6 nitrogen and oxygen atoms in total. The Morgan fingerprint density at radius 1 is 1.41 bits per heavy atom. The highest BCUT2D eigenvalue weighted by molar-refractivity contribution is 7.20. The van der Waals surface area contributed by atoms with Gasteiger partial charge in [-0.3, -0.25) is 4.98 Å². The second-order valence-electron chi connectivity index (χ2n) is 5.20. The summed E-state index contributed by atoms with van der Waals surface area (Å²) < 4.78 is 7.31. The molecule has 0 aromatic carbocycles. The van der Waals surface area contributed by atoms with E-state index in [1.165, 1.54) is 0 Å². The first-order chi connectivity index (χ1) is 10.7. The Balaban J connectivity index is 1.59. The second kappa shape index (κ2) is 6.85. The molecule has 116 valence electrons. The van der Waals surface area contributed by atoms with Crippen molar-refractivity contribution in [2.45, 2.75) is 26.4 Å². The molecule has 1 N–H and O–H groups in total. The van der Waals surface area contributed by atoms with E-state index in [1.54, 1.807) is 28.2 Å². The number of nitrogens with one attached hydrogen (secondary N) is 1. The molecule has 22 heavy (non-hydrogen) atoms. The summed E-state index contributed by atoms with van der Waals surface area (Å²) in [5, 5.41) is 8.68. The average molecular weight is 317 g/mol. The summed E-state index contributed by atoms with van der Waals surface area (Å²) >= 11 is 1.55. The van der Waals surface area contributed by atoms with E-state index in [0.29, 0.717) is 0 Å². The van der Waals surface area contributed by atoms with Crippen LogP contribution in [0.5, 0.6) is 0 Å². The minimum atomic E-state index is 0.286. The first kappa shape index (κ1) is 14.9. The zero-order valence-electron chi connectivity index (χ0n) is 12.7. The maximum Gasteiger partial charge on any atom is 0.214 e. The van der Waals surface area contributed by atoms with Gasteiger partial charge in [-0.15, -0.1) is 5.10 Å². The van der Waals surface area contributed by atoms with E-state index in [0.717, 1.165) is 40.9 Å². The molecule has 0 atom stereocenters. The Morgan fingerprint density at radius 3 is 3.05 bits per heavy atom. The monoisotopic (exact) mass is 317 g/mol. The number of aromatic nitrogens is 4. The fraction of sp³-hybridized carbons (Fsp3) is 0.400. The van der Waals surface area contributed by atoms with E-state index < -0.39 is 0 Å². The topological polar surface area (TPSA) is 64.3 Å². The van der Waals surface area contributed by atoms with Crippen LogP contribution in [0.15, 0.2) is 30.7 Å². The Labute approximate surface area is 133 Å². The molecule has 3 rings (SSSR count). The molecule has 0 fully saturated rings. The van der Waals surface area contributed by atoms with E-state index in [1.807, 2.05) is 32.2 Å². The van der Waals surface area contributed by atoms with E-state index >= 15 is 0 Å². The number of nitrogens with zero attached hydrogens (tertiary/aromatic N) is 4. The molecule has 0 unspecified atom stereocenters. The van der Waals surface area contributed by atoms with Crippen molar-refractivity contribution in [2.75, 3.05) is 18.5 Å². The van der Waals surface area contributed by atoms with Gasteiger partial charge in [0, 0.05) is 31.1 Å². The highest BCUT2D eigenvalue weighted by Crippen LogP contribution is 2.23. The summed E-state index contributed by atoms with van der Waals surface area (Å²) in [6.07, 6.45) is 6.73. The normalized spacial score (nSPS) is 11.4.